The third kappa shape index (κ3) is 5.05. The number of halogens is 2. The summed E-state index contributed by atoms with van der Waals surface area (Å²) < 4.78 is 0. The maximum atomic E-state index is 11.7. The first-order valence-corrected chi connectivity index (χ1v) is 8.34. The zero-order valence-electron chi connectivity index (χ0n) is 11.4. The van der Waals surface area contributed by atoms with E-state index < -0.39 is 0 Å². The highest BCUT2D eigenvalue weighted by atomic mass is 35.5. The molecule has 1 amide bonds. The van der Waals surface area contributed by atoms with Crippen LogP contribution in [0.3, 0.4) is 0 Å². The number of H-pyrrole nitrogens is 1. The van der Waals surface area contributed by atoms with Gasteiger partial charge in [0, 0.05) is 29.0 Å². The van der Waals surface area contributed by atoms with Crippen LogP contribution in [0.1, 0.15) is 0 Å². The number of carbonyl (C=O) groups is 1. The van der Waals surface area contributed by atoms with Crippen LogP contribution in [0.5, 0.6) is 0 Å². The van der Waals surface area contributed by atoms with Crippen molar-refractivity contribution in [2.75, 3.05) is 16.9 Å². The molecule has 5 nitrogen and oxygen atoms in total. The number of aromatic nitrogens is 2. The average molecular weight is 358 g/mol. The van der Waals surface area contributed by atoms with Gasteiger partial charge in [0.15, 0.2) is 0 Å². The van der Waals surface area contributed by atoms with Crippen LogP contribution in [-0.2, 0) is 0 Å². The van der Waals surface area contributed by atoms with Crippen molar-refractivity contribution < 1.29 is 4.79 Å². The minimum Gasteiger partial charge on any atom is -0.317 e. The third-order valence-corrected chi connectivity index (χ3v) is 4.62. The number of thioether (sulfide) groups is 1. The second-order valence-electron chi connectivity index (χ2n) is 4.36. The average Bonchev–Trinajstić information content (AvgIpc) is 2.54. The molecule has 116 valence electrons. The van der Waals surface area contributed by atoms with Gasteiger partial charge in [-0.05, 0) is 18.2 Å². The zero-order chi connectivity index (χ0) is 15.9. The topological polar surface area (TPSA) is 74.8 Å². The fourth-order valence-electron chi connectivity index (χ4n) is 1.59. The molecule has 1 aromatic carbocycles. The van der Waals surface area contributed by atoms with Crippen LogP contribution >= 0.6 is 35.0 Å². The quantitative estimate of drug-likeness (QED) is 0.802. The molecular formula is C14H13Cl2N3O2S. The molecular weight excluding hydrogens is 345 g/mol. The van der Waals surface area contributed by atoms with Gasteiger partial charge in [0.05, 0.1) is 11.1 Å². The highest BCUT2D eigenvalue weighted by Gasteiger charge is 2.08. The lowest BCUT2D eigenvalue weighted by Crippen LogP contribution is -2.11. The van der Waals surface area contributed by atoms with Crippen molar-refractivity contribution in [2.24, 2.45) is 0 Å². The summed E-state index contributed by atoms with van der Waals surface area (Å²) >= 11 is 12.5. The number of benzene rings is 1. The smallest absolute Gasteiger partial charge is 0.283 e. The fraction of sp³-hybridized carbons (Fsp3) is 0.214. The minimum atomic E-state index is -0.251. The molecule has 2 aromatic rings. The number of aromatic amines is 1. The van der Waals surface area contributed by atoms with Crippen LogP contribution in [0.2, 0.25) is 0 Å². The Bertz CT molecular complexity index is 671. The first kappa shape index (κ1) is 16.9. The number of hydrogen-bond acceptors (Lipinski definition) is 4. The van der Waals surface area contributed by atoms with Crippen LogP contribution in [0, 0.1) is 0 Å². The molecule has 0 aliphatic heterocycles. The molecule has 0 saturated carbocycles. The number of alkyl halides is 2. The van der Waals surface area contributed by atoms with Crippen LogP contribution in [0.4, 0.5) is 10.5 Å². The molecule has 2 rings (SSSR count). The number of anilines is 1. The molecule has 0 radical (unpaired) electrons. The predicted molar refractivity (Wildman–Crippen MR) is 92.1 cm³/mol. The molecule has 0 saturated heterocycles. The summed E-state index contributed by atoms with van der Waals surface area (Å²) in [4.78, 5) is 22.7. The minimum absolute atomic E-state index is 0.189. The van der Waals surface area contributed by atoms with Gasteiger partial charge in [0.1, 0.15) is 0 Å². The lowest BCUT2D eigenvalue weighted by molar-refractivity contribution is 0.270. The molecule has 2 N–H and O–H groups in total. The Kier molecular flexibility index (Phi) is 6.30. The normalized spacial score (nSPS) is 11.9. The van der Waals surface area contributed by atoms with E-state index >= 15 is 0 Å². The van der Waals surface area contributed by atoms with Crippen molar-refractivity contribution in [3.8, 4) is 11.3 Å². The van der Waals surface area contributed by atoms with E-state index in [1.165, 1.54) is 6.07 Å². The molecule has 0 aliphatic carbocycles. The van der Waals surface area contributed by atoms with Gasteiger partial charge in [-0.25, -0.2) is 5.10 Å². The summed E-state index contributed by atoms with van der Waals surface area (Å²) in [5.74, 6) is 0.763. The summed E-state index contributed by atoms with van der Waals surface area (Å²) in [6.07, 6.45) is 0. The maximum absolute atomic E-state index is 11.7. The van der Waals surface area contributed by atoms with Crippen LogP contribution in [-0.4, -0.2) is 32.4 Å². The summed E-state index contributed by atoms with van der Waals surface area (Å²) in [7, 11) is 0. The second kappa shape index (κ2) is 8.22. The highest BCUT2D eigenvalue weighted by molar-refractivity contribution is 8.13. The van der Waals surface area contributed by atoms with Gasteiger partial charge in [-0.15, -0.1) is 23.2 Å². The molecule has 1 aromatic heterocycles. The summed E-state index contributed by atoms with van der Waals surface area (Å²) in [6.45, 7) is 0. The number of carbonyl (C=O) groups excluding carboxylic acids is 1. The van der Waals surface area contributed by atoms with Crippen LogP contribution in [0.15, 0.2) is 41.2 Å². The fourth-order valence-corrected chi connectivity index (χ4v) is 2.66. The monoisotopic (exact) mass is 357 g/mol. The largest absolute Gasteiger partial charge is 0.317 e. The molecule has 0 bridgehead atoms. The number of nitrogens with one attached hydrogen (secondary N) is 2. The Labute approximate surface area is 141 Å². The van der Waals surface area contributed by atoms with E-state index in [4.69, 9.17) is 23.2 Å². The first-order chi connectivity index (χ1) is 10.6. The van der Waals surface area contributed by atoms with E-state index in [1.807, 2.05) is 12.1 Å². The number of rotatable bonds is 5. The van der Waals surface area contributed by atoms with Gasteiger partial charge in [-0.3, -0.25) is 9.59 Å². The molecule has 22 heavy (non-hydrogen) atoms. The molecule has 0 aliphatic rings. The molecule has 1 atom stereocenters. The van der Waals surface area contributed by atoms with Gasteiger partial charge < -0.3 is 5.32 Å². The number of hydrogen-bond donors (Lipinski definition) is 2. The predicted octanol–water partition coefficient (Wildman–Crippen LogP) is 3.55. The van der Waals surface area contributed by atoms with E-state index in [2.05, 4.69) is 15.5 Å². The number of amides is 1. The Balaban J connectivity index is 1.95. The lowest BCUT2D eigenvalue weighted by atomic mass is 10.1. The van der Waals surface area contributed by atoms with Gasteiger partial charge in [0.2, 0.25) is 0 Å². The van der Waals surface area contributed by atoms with Crippen molar-refractivity contribution in [1.82, 2.24) is 10.2 Å². The Morgan fingerprint density at radius 2 is 2.00 bits per heavy atom. The van der Waals surface area contributed by atoms with Crippen molar-refractivity contribution >= 4 is 45.9 Å². The Hall–Kier alpha value is -1.50. The molecule has 0 spiro atoms. The standard InChI is InChI=1S/C14H13Cl2N3O2S/c15-7-10(16)8-22-14(21)17-11-3-1-9(2-4-11)12-5-6-13(20)19-18-12/h1-6,10H,7-8H2,(H,17,21)(H,19,20). The van der Waals surface area contributed by atoms with E-state index in [-0.39, 0.29) is 16.2 Å². The van der Waals surface area contributed by atoms with Gasteiger partial charge in [-0.2, -0.15) is 5.10 Å². The van der Waals surface area contributed by atoms with Crippen LogP contribution in [0.25, 0.3) is 11.3 Å². The Morgan fingerprint density at radius 1 is 1.27 bits per heavy atom. The van der Waals surface area contributed by atoms with E-state index in [0.29, 0.717) is 23.0 Å². The van der Waals surface area contributed by atoms with E-state index in [1.54, 1.807) is 18.2 Å². The molecule has 1 heterocycles. The maximum Gasteiger partial charge on any atom is 0.283 e. The molecule has 8 heteroatoms. The van der Waals surface area contributed by atoms with E-state index in [0.717, 1.165) is 17.3 Å². The zero-order valence-corrected chi connectivity index (χ0v) is 13.7. The Morgan fingerprint density at radius 3 is 2.59 bits per heavy atom. The SMILES string of the molecule is O=C(Nc1ccc(-c2ccc(=O)[nH]n2)cc1)SCC(Cl)CCl. The van der Waals surface area contributed by atoms with E-state index in [9.17, 15) is 9.59 Å². The molecule has 0 fully saturated rings. The first-order valence-electron chi connectivity index (χ1n) is 6.38. The van der Waals surface area contributed by atoms with Gasteiger partial charge in [-0.1, -0.05) is 23.9 Å². The van der Waals surface area contributed by atoms with Crippen molar-refractivity contribution in [1.29, 1.82) is 0 Å². The van der Waals surface area contributed by atoms with Crippen LogP contribution < -0.4 is 10.9 Å². The lowest BCUT2D eigenvalue weighted by Gasteiger charge is -2.07. The van der Waals surface area contributed by atoms with Crippen molar-refractivity contribution in [3.05, 3.63) is 46.8 Å². The summed E-state index contributed by atoms with van der Waals surface area (Å²) in [5.41, 5.74) is 1.91. The van der Waals surface area contributed by atoms with Crippen molar-refractivity contribution in [2.45, 2.75) is 5.38 Å². The summed E-state index contributed by atoms with van der Waals surface area (Å²) in [5, 5.41) is 8.65. The second-order valence-corrected chi connectivity index (χ2v) is 6.28. The third-order valence-electron chi connectivity index (χ3n) is 2.67. The highest BCUT2D eigenvalue weighted by Crippen LogP contribution is 2.20. The van der Waals surface area contributed by atoms with Crippen molar-refractivity contribution in [3.63, 3.8) is 0 Å². The molecule has 1 unspecified atom stereocenters. The summed E-state index contributed by atoms with van der Waals surface area (Å²) in [6, 6.07) is 10.2. The van der Waals surface area contributed by atoms with Gasteiger partial charge in [0.25, 0.3) is 10.8 Å². The number of nitrogens with zero attached hydrogens (tertiary/aromatic N) is 1. The van der Waals surface area contributed by atoms with Gasteiger partial charge >= 0.3 is 0 Å².